The Morgan fingerprint density at radius 3 is 2.50 bits per heavy atom. The number of amides is 2. The summed E-state index contributed by atoms with van der Waals surface area (Å²) in [5.74, 6) is -0.0883. The number of nitrogens with one attached hydrogen (secondary N) is 1. The summed E-state index contributed by atoms with van der Waals surface area (Å²) < 4.78 is 44.9. The van der Waals surface area contributed by atoms with Crippen molar-refractivity contribution in [1.29, 1.82) is 0 Å². The first-order valence-corrected chi connectivity index (χ1v) is 15.1. The molecule has 0 bridgehead atoms. The second-order valence-corrected chi connectivity index (χ2v) is 11.5. The van der Waals surface area contributed by atoms with Gasteiger partial charge in [-0.25, -0.2) is 4.52 Å². The Kier molecular flexibility index (Phi) is 8.85. The van der Waals surface area contributed by atoms with Gasteiger partial charge in [0.2, 0.25) is 11.9 Å². The number of rotatable bonds is 8. The number of carbonyl (C=O) groups is 2. The monoisotopic (exact) mass is 611 g/mol. The number of anilines is 2. The number of nitrogens with zero attached hydrogens (tertiary/aromatic N) is 6. The van der Waals surface area contributed by atoms with E-state index >= 15 is 0 Å². The van der Waals surface area contributed by atoms with Gasteiger partial charge in [-0.15, -0.1) is 5.10 Å². The van der Waals surface area contributed by atoms with Gasteiger partial charge in [0.25, 0.3) is 5.91 Å². The van der Waals surface area contributed by atoms with Crippen LogP contribution in [-0.4, -0.2) is 106 Å². The summed E-state index contributed by atoms with van der Waals surface area (Å²) in [7, 11) is 0. The van der Waals surface area contributed by atoms with Gasteiger partial charge in [-0.1, -0.05) is 6.08 Å². The average molecular weight is 612 g/mol. The van der Waals surface area contributed by atoms with Gasteiger partial charge < -0.3 is 19.9 Å². The van der Waals surface area contributed by atoms with E-state index in [2.05, 4.69) is 20.3 Å². The van der Waals surface area contributed by atoms with Gasteiger partial charge in [-0.2, -0.15) is 18.2 Å². The van der Waals surface area contributed by atoms with Gasteiger partial charge in [0.1, 0.15) is 0 Å². The maximum atomic E-state index is 13.1. The molecule has 2 aromatic heterocycles. The Morgan fingerprint density at radius 2 is 1.82 bits per heavy atom. The molecule has 3 aliphatic rings. The second kappa shape index (κ2) is 12.9. The maximum Gasteiger partial charge on any atom is 0.389 e. The number of piperazine rings is 1. The lowest BCUT2D eigenvalue weighted by molar-refractivity contribution is -0.148. The Labute approximate surface area is 253 Å². The first kappa shape index (κ1) is 30.1. The molecule has 1 aromatic carbocycles. The molecule has 10 nitrogen and oxygen atoms in total. The number of benzene rings is 1. The standard InChI is InChI=1S/C31H36F3N7O3/c32-31(33,34)12-9-27(42)39-14-10-22(11-15-39)26-4-1-13-41-28(26)36-30(37-41)35-24-7-5-23(6-8-24)29(43)40-18-16-38(17-19-40)21-25-3-2-20-44-25/h1,4-8,10,13,25H,2-3,9,11-12,14-21H2,(H,35,37). The smallest absolute Gasteiger partial charge is 0.377 e. The van der Waals surface area contributed by atoms with Crippen molar-refractivity contribution in [3.05, 3.63) is 59.8 Å². The summed E-state index contributed by atoms with van der Waals surface area (Å²) in [6.45, 7) is 5.48. The third kappa shape index (κ3) is 7.21. The summed E-state index contributed by atoms with van der Waals surface area (Å²) in [6.07, 6.45) is 0.733. The third-order valence-electron chi connectivity index (χ3n) is 8.43. The van der Waals surface area contributed by atoms with Crippen molar-refractivity contribution in [3.8, 4) is 0 Å². The summed E-state index contributed by atoms with van der Waals surface area (Å²) >= 11 is 0. The van der Waals surface area contributed by atoms with E-state index in [0.717, 1.165) is 55.9 Å². The number of aromatic nitrogens is 3. The molecule has 0 radical (unpaired) electrons. The van der Waals surface area contributed by atoms with E-state index in [9.17, 15) is 22.8 Å². The molecule has 13 heteroatoms. The van der Waals surface area contributed by atoms with Crippen LogP contribution in [0, 0.1) is 0 Å². The van der Waals surface area contributed by atoms with Crippen LogP contribution in [0.15, 0.2) is 48.7 Å². The number of carbonyl (C=O) groups excluding carboxylic acids is 2. The normalized spacial score (nSPS) is 19.8. The molecular formula is C31H36F3N7O3. The van der Waals surface area contributed by atoms with E-state index in [0.29, 0.717) is 49.3 Å². The molecule has 234 valence electrons. The molecule has 0 saturated carbocycles. The van der Waals surface area contributed by atoms with Crippen LogP contribution >= 0.6 is 0 Å². The Morgan fingerprint density at radius 1 is 1.02 bits per heavy atom. The summed E-state index contributed by atoms with van der Waals surface area (Å²) in [5, 5.41) is 7.74. The van der Waals surface area contributed by atoms with Crippen LogP contribution < -0.4 is 5.32 Å². The molecule has 0 spiro atoms. The number of hydrogen-bond donors (Lipinski definition) is 1. The van der Waals surface area contributed by atoms with Crippen molar-refractivity contribution >= 4 is 34.7 Å². The van der Waals surface area contributed by atoms with Crippen molar-refractivity contribution in [2.24, 2.45) is 0 Å². The van der Waals surface area contributed by atoms with Crippen molar-refractivity contribution < 1.29 is 27.5 Å². The van der Waals surface area contributed by atoms with Crippen molar-refractivity contribution in [2.45, 2.75) is 44.4 Å². The third-order valence-corrected chi connectivity index (χ3v) is 8.43. The molecule has 0 aliphatic carbocycles. The summed E-state index contributed by atoms with van der Waals surface area (Å²) in [6, 6.07) is 11.1. The van der Waals surface area contributed by atoms with Gasteiger partial charge >= 0.3 is 6.18 Å². The topological polar surface area (TPSA) is 95.3 Å². The lowest BCUT2D eigenvalue weighted by Gasteiger charge is -2.35. The highest BCUT2D eigenvalue weighted by Gasteiger charge is 2.30. The number of alkyl halides is 3. The minimum Gasteiger partial charge on any atom is -0.377 e. The molecule has 1 atom stereocenters. The minimum absolute atomic E-state index is 0.0187. The summed E-state index contributed by atoms with van der Waals surface area (Å²) in [5.41, 5.74) is 3.81. The van der Waals surface area contributed by atoms with E-state index in [1.807, 2.05) is 35.2 Å². The Hall–Kier alpha value is -3.97. The zero-order chi connectivity index (χ0) is 30.7. The van der Waals surface area contributed by atoms with Gasteiger partial charge in [0, 0.05) is 81.9 Å². The quantitative estimate of drug-likeness (QED) is 0.404. The predicted molar refractivity (Wildman–Crippen MR) is 158 cm³/mol. The molecule has 2 amide bonds. The largest absolute Gasteiger partial charge is 0.389 e. The molecule has 6 rings (SSSR count). The molecule has 2 fully saturated rings. The zero-order valence-electron chi connectivity index (χ0n) is 24.4. The Balaban J connectivity index is 1.05. The minimum atomic E-state index is -4.35. The lowest BCUT2D eigenvalue weighted by atomic mass is 10.00. The SMILES string of the molecule is O=C(CCC(F)(F)F)N1CC=C(c2cccn3nc(Nc4ccc(C(=O)N5CCN(CC6CCCO6)CC5)cc4)nc23)CC1. The molecule has 3 aromatic rings. The van der Waals surface area contributed by atoms with E-state index in [4.69, 9.17) is 4.74 Å². The van der Waals surface area contributed by atoms with E-state index in [1.54, 1.807) is 22.8 Å². The highest BCUT2D eigenvalue weighted by Crippen LogP contribution is 2.28. The highest BCUT2D eigenvalue weighted by molar-refractivity contribution is 5.94. The number of pyridine rings is 1. The first-order valence-electron chi connectivity index (χ1n) is 15.1. The molecule has 3 aliphatic heterocycles. The van der Waals surface area contributed by atoms with Gasteiger partial charge in [-0.05, 0) is 61.2 Å². The predicted octanol–water partition coefficient (Wildman–Crippen LogP) is 4.37. The molecule has 5 heterocycles. The molecule has 2 saturated heterocycles. The first-order chi connectivity index (χ1) is 21.2. The van der Waals surface area contributed by atoms with Crippen molar-refractivity contribution in [2.75, 3.05) is 57.7 Å². The fourth-order valence-corrected chi connectivity index (χ4v) is 5.97. The van der Waals surface area contributed by atoms with Crippen LogP contribution in [0.4, 0.5) is 24.8 Å². The fourth-order valence-electron chi connectivity index (χ4n) is 5.97. The number of ether oxygens (including phenoxy) is 1. The fraction of sp³-hybridized carbons (Fsp3) is 0.484. The van der Waals surface area contributed by atoms with E-state index < -0.39 is 24.9 Å². The molecule has 44 heavy (non-hydrogen) atoms. The van der Waals surface area contributed by atoms with Gasteiger partial charge in [0.05, 0.1) is 12.5 Å². The van der Waals surface area contributed by atoms with Crippen molar-refractivity contribution in [3.63, 3.8) is 0 Å². The number of hydrogen-bond acceptors (Lipinski definition) is 7. The van der Waals surface area contributed by atoms with E-state index in [-0.39, 0.29) is 12.5 Å². The van der Waals surface area contributed by atoms with Crippen LogP contribution in [0.25, 0.3) is 11.2 Å². The van der Waals surface area contributed by atoms with Gasteiger partial charge in [-0.3, -0.25) is 14.5 Å². The van der Waals surface area contributed by atoms with Gasteiger partial charge in [0.15, 0.2) is 5.65 Å². The summed E-state index contributed by atoms with van der Waals surface area (Å²) in [4.78, 5) is 35.7. The molecule has 1 unspecified atom stereocenters. The van der Waals surface area contributed by atoms with Crippen LogP contribution in [0.1, 0.15) is 48.0 Å². The van der Waals surface area contributed by atoms with E-state index in [1.165, 1.54) is 4.90 Å². The lowest BCUT2D eigenvalue weighted by Crippen LogP contribution is -2.50. The van der Waals surface area contributed by atoms with Crippen LogP contribution in [0.2, 0.25) is 0 Å². The van der Waals surface area contributed by atoms with Crippen molar-refractivity contribution in [1.82, 2.24) is 29.3 Å². The number of fused-ring (bicyclic) bond motifs is 1. The second-order valence-electron chi connectivity index (χ2n) is 11.5. The average Bonchev–Trinajstić information content (AvgIpc) is 3.69. The number of halogens is 3. The highest BCUT2D eigenvalue weighted by atomic mass is 19.4. The molecular weight excluding hydrogens is 575 g/mol. The van der Waals surface area contributed by atoms with Crippen LogP contribution in [0.5, 0.6) is 0 Å². The zero-order valence-corrected chi connectivity index (χ0v) is 24.4. The van der Waals surface area contributed by atoms with Crippen LogP contribution in [0.3, 0.4) is 0 Å². The van der Waals surface area contributed by atoms with Crippen LogP contribution in [-0.2, 0) is 9.53 Å². The molecule has 1 N–H and O–H groups in total. The Bertz CT molecular complexity index is 1510. The maximum absolute atomic E-state index is 13.1.